The Kier molecular flexibility index (Phi) is 9.83. The third kappa shape index (κ3) is 7.77. The van der Waals surface area contributed by atoms with Crippen molar-refractivity contribution in [3.05, 3.63) is 53.3 Å². The Balaban J connectivity index is 1.98. The number of ether oxygens (including phenoxy) is 3. The molecule has 218 valence electrons. The summed E-state index contributed by atoms with van der Waals surface area (Å²) in [7, 11) is 1.22. The molecule has 1 atom stereocenters. The number of fused-ring (bicyclic) bond motifs is 1. The summed E-state index contributed by atoms with van der Waals surface area (Å²) >= 11 is 0. The highest BCUT2D eigenvalue weighted by atomic mass is 19.1. The van der Waals surface area contributed by atoms with E-state index in [0.717, 1.165) is 10.5 Å². The second-order valence-corrected chi connectivity index (χ2v) is 11.1. The number of amides is 2. The van der Waals surface area contributed by atoms with Gasteiger partial charge in [-0.1, -0.05) is 44.2 Å². The molecule has 1 aliphatic rings. The standard InChI is InChI=1S/C29H38FN3O7/c1-18(2)15-32(28(37)40-29(3,4)5)16-20-12-21-22(33(20)27(35)36)13-23(39-17-19-10-8-7-9-11-19)26(25(21)30)31-14-24(34)38-6/h7-11,13,18,20,31H,12,14-17H2,1-6H3,(H,35,36)/t20-/m0/s1. The van der Waals surface area contributed by atoms with Crippen molar-refractivity contribution in [1.29, 1.82) is 0 Å². The number of halogens is 1. The van der Waals surface area contributed by atoms with Crippen LogP contribution < -0.4 is 15.0 Å². The quantitative estimate of drug-likeness (QED) is 0.377. The van der Waals surface area contributed by atoms with E-state index in [1.807, 2.05) is 44.2 Å². The molecule has 2 aromatic carbocycles. The zero-order valence-corrected chi connectivity index (χ0v) is 23.8. The fourth-order valence-corrected chi connectivity index (χ4v) is 4.48. The lowest BCUT2D eigenvalue weighted by Crippen LogP contribution is -2.48. The Morgan fingerprint density at radius 2 is 1.88 bits per heavy atom. The zero-order valence-electron chi connectivity index (χ0n) is 23.8. The van der Waals surface area contributed by atoms with Crippen molar-refractivity contribution in [2.75, 3.05) is 37.0 Å². The number of carbonyl (C=O) groups excluding carboxylic acids is 2. The average Bonchev–Trinajstić information content (AvgIpc) is 3.24. The SMILES string of the molecule is COC(=O)CNc1c(OCc2ccccc2)cc2c(c1F)C[C@@H](CN(CC(C)C)C(=O)OC(C)(C)C)N2C(=O)O. The van der Waals surface area contributed by atoms with Gasteiger partial charge in [-0.2, -0.15) is 0 Å². The van der Waals surface area contributed by atoms with Crippen LogP contribution in [0.25, 0.3) is 0 Å². The number of benzene rings is 2. The molecule has 0 spiro atoms. The first-order valence-electron chi connectivity index (χ1n) is 13.1. The third-order valence-corrected chi connectivity index (χ3v) is 6.12. The molecular weight excluding hydrogens is 521 g/mol. The molecule has 0 saturated heterocycles. The number of methoxy groups -OCH3 is 1. The van der Waals surface area contributed by atoms with Gasteiger partial charge in [0.2, 0.25) is 0 Å². The van der Waals surface area contributed by atoms with Gasteiger partial charge in [-0.05, 0) is 32.3 Å². The summed E-state index contributed by atoms with van der Waals surface area (Å²) in [6.07, 6.45) is -1.85. The lowest BCUT2D eigenvalue weighted by molar-refractivity contribution is -0.138. The van der Waals surface area contributed by atoms with Gasteiger partial charge in [0.15, 0.2) is 5.82 Å². The fourth-order valence-electron chi connectivity index (χ4n) is 4.48. The van der Waals surface area contributed by atoms with Gasteiger partial charge in [-0.25, -0.2) is 14.0 Å². The first-order chi connectivity index (χ1) is 18.8. The van der Waals surface area contributed by atoms with Gasteiger partial charge in [0.25, 0.3) is 0 Å². The largest absolute Gasteiger partial charge is 0.487 e. The summed E-state index contributed by atoms with van der Waals surface area (Å²) < 4.78 is 32.2. The van der Waals surface area contributed by atoms with Crippen LogP contribution in [0.5, 0.6) is 5.75 Å². The molecule has 40 heavy (non-hydrogen) atoms. The van der Waals surface area contributed by atoms with Crippen LogP contribution in [0.1, 0.15) is 45.7 Å². The Morgan fingerprint density at radius 3 is 2.45 bits per heavy atom. The van der Waals surface area contributed by atoms with E-state index in [-0.39, 0.29) is 54.7 Å². The van der Waals surface area contributed by atoms with Crippen LogP contribution in [0.3, 0.4) is 0 Å². The molecule has 0 aliphatic carbocycles. The van der Waals surface area contributed by atoms with Gasteiger partial charge in [-0.3, -0.25) is 9.69 Å². The van der Waals surface area contributed by atoms with Crippen molar-refractivity contribution < 1.29 is 38.1 Å². The van der Waals surface area contributed by atoms with Crippen LogP contribution in [-0.4, -0.2) is 66.5 Å². The molecule has 2 amide bonds. The summed E-state index contributed by atoms with van der Waals surface area (Å²) in [5.41, 5.74) is 0.263. The van der Waals surface area contributed by atoms with Crippen molar-refractivity contribution in [3.8, 4) is 5.75 Å². The molecule has 0 aromatic heterocycles. The normalized spacial score (nSPS) is 14.5. The van der Waals surface area contributed by atoms with E-state index in [1.165, 1.54) is 18.1 Å². The number of carboxylic acid groups (broad SMARTS) is 1. The molecule has 10 nitrogen and oxygen atoms in total. The molecular formula is C29H38FN3O7. The Morgan fingerprint density at radius 1 is 1.20 bits per heavy atom. The van der Waals surface area contributed by atoms with Crippen LogP contribution in [0.4, 0.5) is 25.4 Å². The van der Waals surface area contributed by atoms with Gasteiger partial charge in [0, 0.05) is 31.1 Å². The molecule has 3 rings (SSSR count). The predicted octanol–water partition coefficient (Wildman–Crippen LogP) is 5.29. The van der Waals surface area contributed by atoms with E-state index in [2.05, 4.69) is 10.1 Å². The van der Waals surface area contributed by atoms with Crippen molar-refractivity contribution in [1.82, 2.24) is 4.90 Å². The average molecular weight is 560 g/mol. The molecule has 0 fully saturated rings. The topological polar surface area (TPSA) is 118 Å². The molecule has 11 heteroatoms. The third-order valence-electron chi connectivity index (χ3n) is 6.12. The molecule has 0 radical (unpaired) electrons. The number of hydrogen-bond donors (Lipinski definition) is 2. The number of nitrogens with one attached hydrogen (secondary N) is 1. The lowest BCUT2D eigenvalue weighted by atomic mass is 10.1. The number of esters is 1. The summed E-state index contributed by atoms with van der Waals surface area (Å²) in [6.45, 7) is 9.22. The maximum Gasteiger partial charge on any atom is 0.412 e. The minimum absolute atomic E-state index is 0.00135. The monoisotopic (exact) mass is 559 g/mol. The van der Waals surface area contributed by atoms with Crippen LogP contribution in [0.15, 0.2) is 36.4 Å². The van der Waals surface area contributed by atoms with Crippen LogP contribution in [0, 0.1) is 11.7 Å². The first kappa shape index (κ1) is 30.5. The zero-order chi connectivity index (χ0) is 29.6. The van der Waals surface area contributed by atoms with E-state index in [1.54, 1.807) is 20.8 Å². The van der Waals surface area contributed by atoms with Gasteiger partial charge in [-0.15, -0.1) is 0 Å². The minimum Gasteiger partial charge on any atom is -0.487 e. The molecule has 2 N–H and O–H groups in total. The number of anilines is 2. The van der Waals surface area contributed by atoms with Gasteiger partial charge in [0.1, 0.15) is 30.2 Å². The van der Waals surface area contributed by atoms with E-state index in [9.17, 15) is 19.5 Å². The van der Waals surface area contributed by atoms with Crippen molar-refractivity contribution in [3.63, 3.8) is 0 Å². The number of nitrogens with zero attached hydrogens (tertiary/aromatic N) is 2. The maximum atomic E-state index is 16.0. The summed E-state index contributed by atoms with van der Waals surface area (Å²) in [5, 5.41) is 12.9. The Labute approximate surface area is 234 Å². The Hall–Kier alpha value is -4.02. The minimum atomic E-state index is -1.29. The second-order valence-electron chi connectivity index (χ2n) is 11.1. The van der Waals surface area contributed by atoms with E-state index in [4.69, 9.17) is 9.47 Å². The maximum absolute atomic E-state index is 16.0. The van der Waals surface area contributed by atoms with Crippen LogP contribution in [-0.2, 0) is 27.3 Å². The smallest absolute Gasteiger partial charge is 0.412 e. The highest BCUT2D eigenvalue weighted by Crippen LogP contribution is 2.43. The highest BCUT2D eigenvalue weighted by molar-refractivity contribution is 5.92. The van der Waals surface area contributed by atoms with Gasteiger partial charge in [0.05, 0.1) is 18.8 Å². The summed E-state index contributed by atoms with van der Waals surface area (Å²) in [5.74, 6) is -1.22. The molecule has 1 aliphatic heterocycles. The van der Waals surface area contributed by atoms with E-state index >= 15 is 4.39 Å². The molecule has 0 unspecified atom stereocenters. The predicted molar refractivity (Wildman–Crippen MR) is 148 cm³/mol. The lowest BCUT2D eigenvalue weighted by Gasteiger charge is -2.32. The van der Waals surface area contributed by atoms with E-state index < -0.39 is 35.6 Å². The molecule has 0 saturated carbocycles. The van der Waals surface area contributed by atoms with Gasteiger partial charge >= 0.3 is 18.2 Å². The van der Waals surface area contributed by atoms with Crippen molar-refractivity contribution in [2.24, 2.45) is 5.92 Å². The van der Waals surface area contributed by atoms with E-state index in [0.29, 0.717) is 6.54 Å². The molecule has 0 bridgehead atoms. The summed E-state index contributed by atoms with van der Waals surface area (Å²) in [4.78, 5) is 39.8. The summed E-state index contributed by atoms with van der Waals surface area (Å²) in [6, 6.07) is 9.88. The van der Waals surface area contributed by atoms with Crippen molar-refractivity contribution >= 4 is 29.5 Å². The van der Waals surface area contributed by atoms with Gasteiger partial charge < -0.3 is 29.5 Å². The Bertz CT molecular complexity index is 1210. The van der Waals surface area contributed by atoms with Crippen LogP contribution >= 0.6 is 0 Å². The second kappa shape index (κ2) is 12.9. The number of hydrogen-bond acceptors (Lipinski definition) is 7. The van der Waals surface area contributed by atoms with Crippen molar-refractivity contribution in [2.45, 2.75) is 59.3 Å². The molecule has 1 heterocycles. The highest BCUT2D eigenvalue weighted by Gasteiger charge is 2.40. The fraction of sp³-hybridized carbons (Fsp3) is 0.483. The van der Waals surface area contributed by atoms with Crippen LogP contribution in [0.2, 0.25) is 0 Å². The number of rotatable bonds is 10. The molecule has 2 aromatic rings. The first-order valence-corrected chi connectivity index (χ1v) is 13.1. The number of carbonyl (C=O) groups is 3.